The first-order valence-electron chi connectivity index (χ1n) is 9.28. The average molecular weight is 463 g/mol. The number of amides is 1. The maximum atomic E-state index is 12.6. The lowest BCUT2D eigenvalue weighted by molar-refractivity contribution is -0.137. The van der Waals surface area contributed by atoms with Crippen LogP contribution in [0.4, 0.5) is 30.4 Å². The van der Waals surface area contributed by atoms with Crippen molar-refractivity contribution in [3.8, 4) is 0 Å². The lowest BCUT2D eigenvalue weighted by Gasteiger charge is -2.23. The van der Waals surface area contributed by atoms with Crippen molar-refractivity contribution in [2.75, 3.05) is 23.7 Å². The van der Waals surface area contributed by atoms with Gasteiger partial charge in [0.1, 0.15) is 5.82 Å². The Balaban J connectivity index is 0.00000160. The Morgan fingerprint density at radius 1 is 1.03 bits per heavy atom. The van der Waals surface area contributed by atoms with Crippen LogP contribution in [-0.4, -0.2) is 24.0 Å². The van der Waals surface area contributed by atoms with Gasteiger partial charge in [0, 0.05) is 23.5 Å². The molecule has 1 aliphatic heterocycles. The van der Waals surface area contributed by atoms with E-state index < -0.39 is 11.7 Å². The van der Waals surface area contributed by atoms with Crippen molar-refractivity contribution in [1.29, 1.82) is 0 Å². The minimum atomic E-state index is -4.40. The zero-order chi connectivity index (χ0) is 19.8. The van der Waals surface area contributed by atoms with Crippen molar-refractivity contribution in [1.82, 2.24) is 10.3 Å². The smallest absolute Gasteiger partial charge is 0.340 e. The summed E-state index contributed by atoms with van der Waals surface area (Å²) in [5, 5.41) is 9.24. The summed E-state index contributed by atoms with van der Waals surface area (Å²) in [6.45, 7) is 1.95. The van der Waals surface area contributed by atoms with Crippen molar-refractivity contribution in [3.63, 3.8) is 0 Å². The fourth-order valence-corrected chi connectivity index (χ4v) is 3.85. The number of alkyl halides is 3. The number of benzene rings is 1. The van der Waals surface area contributed by atoms with Crippen LogP contribution < -0.4 is 16.0 Å². The zero-order valence-electron chi connectivity index (χ0n) is 16.0. The molecule has 1 aliphatic carbocycles. The van der Waals surface area contributed by atoms with E-state index in [0.29, 0.717) is 17.2 Å². The van der Waals surface area contributed by atoms with E-state index in [0.717, 1.165) is 44.6 Å². The van der Waals surface area contributed by atoms with E-state index in [1.165, 1.54) is 6.07 Å². The third kappa shape index (κ3) is 5.36. The Bertz CT molecular complexity index is 854. The van der Waals surface area contributed by atoms with Gasteiger partial charge in [0.15, 0.2) is 0 Å². The summed E-state index contributed by atoms with van der Waals surface area (Å²) in [6, 6.07) is 9.30. The van der Waals surface area contributed by atoms with Gasteiger partial charge in [-0.1, -0.05) is 0 Å². The zero-order valence-corrected chi connectivity index (χ0v) is 17.6. The number of carbonyl (C=O) groups is 1. The van der Waals surface area contributed by atoms with Gasteiger partial charge in [0.2, 0.25) is 5.91 Å². The van der Waals surface area contributed by atoms with Crippen molar-refractivity contribution in [2.45, 2.75) is 25.4 Å². The minimum absolute atomic E-state index is 0. The molecule has 1 spiro atoms. The van der Waals surface area contributed by atoms with E-state index in [2.05, 4.69) is 20.9 Å². The second kappa shape index (κ2) is 9.41. The SMILES string of the molecule is Cl.Cl.O=C(Nc1ccc(Nc2ccc(C(F)(F)F)cn2)cc1)C1CC12CCNCC2. The molecule has 30 heavy (non-hydrogen) atoms. The number of halogens is 5. The molecule has 1 saturated heterocycles. The molecule has 5 nitrogen and oxygen atoms in total. The van der Waals surface area contributed by atoms with Gasteiger partial charge in [-0.05, 0) is 74.2 Å². The summed E-state index contributed by atoms with van der Waals surface area (Å²) in [5.74, 6) is 0.464. The van der Waals surface area contributed by atoms with Crippen LogP contribution in [0.25, 0.3) is 0 Å². The van der Waals surface area contributed by atoms with Crippen molar-refractivity contribution in [3.05, 3.63) is 48.2 Å². The molecule has 3 N–H and O–H groups in total. The van der Waals surface area contributed by atoms with Gasteiger partial charge < -0.3 is 16.0 Å². The van der Waals surface area contributed by atoms with Crippen LogP contribution >= 0.6 is 24.8 Å². The quantitative estimate of drug-likeness (QED) is 0.596. The lowest BCUT2D eigenvalue weighted by Crippen LogP contribution is -2.31. The van der Waals surface area contributed by atoms with Gasteiger partial charge in [0.25, 0.3) is 0 Å². The number of hydrogen-bond acceptors (Lipinski definition) is 4. The van der Waals surface area contributed by atoms with Crippen LogP contribution in [0.5, 0.6) is 0 Å². The largest absolute Gasteiger partial charge is 0.417 e. The van der Waals surface area contributed by atoms with Crippen LogP contribution in [0.1, 0.15) is 24.8 Å². The fraction of sp³-hybridized carbons (Fsp3) is 0.400. The van der Waals surface area contributed by atoms with Gasteiger partial charge in [0.05, 0.1) is 5.56 Å². The summed E-state index contributed by atoms with van der Waals surface area (Å²) < 4.78 is 37.7. The van der Waals surface area contributed by atoms with Crippen LogP contribution in [0, 0.1) is 11.3 Å². The Morgan fingerprint density at radius 3 is 2.23 bits per heavy atom. The first-order chi connectivity index (χ1) is 13.4. The van der Waals surface area contributed by atoms with E-state index in [-0.39, 0.29) is 42.1 Å². The molecule has 4 rings (SSSR count). The molecule has 1 saturated carbocycles. The molecule has 164 valence electrons. The molecule has 2 aliphatic rings. The third-order valence-electron chi connectivity index (χ3n) is 5.62. The third-order valence-corrected chi connectivity index (χ3v) is 5.62. The van der Waals surface area contributed by atoms with Gasteiger partial charge in [-0.3, -0.25) is 4.79 Å². The van der Waals surface area contributed by atoms with Crippen LogP contribution in [0.15, 0.2) is 42.6 Å². The standard InChI is InChI=1S/C20H21F3N4O.2ClH/c21-20(22,23)13-1-6-17(25-12-13)26-14-2-4-15(5-3-14)27-18(28)16-11-19(16)7-9-24-10-8-19;;/h1-6,12,16,24H,7-11H2,(H,25,26)(H,27,28);2*1H. The van der Waals surface area contributed by atoms with E-state index >= 15 is 0 Å². The molecule has 2 fully saturated rings. The minimum Gasteiger partial charge on any atom is -0.340 e. The molecule has 1 amide bonds. The number of nitrogens with zero attached hydrogens (tertiary/aromatic N) is 1. The predicted molar refractivity (Wildman–Crippen MR) is 115 cm³/mol. The van der Waals surface area contributed by atoms with Crippen molar-refractivity contribution < 1.29 is 18.0 Å². The molecule has 1 unspecified atom stereocenters. The van der Waals surface area contributed by atoms with Crippen molar-refractivity contribution >= 4 is 47.9 Å². The van der Waals surface area contributed by atoms with E-state index in [1.807, 2.05) is 0 Å². The van der Waals surface area contributed by atoms with E-state index in [9.17, 15) is 18.0 Å². The molecule has 10 heteroatoms. The maximum absolute atomic E-state index is 12.6. The maximum Gasteiger partial charge on any atom is 0.417 e. The molecular weight excluding hydrogens is 440 g/mol. The summed E-state index contributed by atoms with van der Waals surface area (Å²) in [7, 11) is 0. The molecule has 2 aromatic rings. The number of pyridine rings is 1. The first kappa shape index (κ1) is 24.2. The molecule has 1 aromatic heterocycles. The molecular formula is C20H23Cl2F3N4O. The van der Waals surface area contributed by atoms with Crippen LogP contribution in [0.2, 0.25) is 0 Å². The monoisotopic (exact) mass is 462 g/mol. The summed E-state index contributed by atoms with van der Waals surface area (Å²) in [5.41, 5.74) is 0.770. The Morgan fingerprint density at radius 2 is 1.67 bits per heavy atom. The Hall–Kier alpha value is -2.03. The summed E-state index contributed by atoms with van der Waals surface area (Å²) in [6.07, 6.45) is -0.551. The number of rotatable bonds is 4. The first-order valence-corrected chi connectivity index (χ1v) is 9.28. The van der Waals surface area contributed by atoms with Crippen LogP contribution in [-0.2, 0) is 11.0 Å². The van der Waals surface area contributed by atoms with Gasteiger partial charge in [-0.2, -0.15) is 13.2 Å². The van der Waals surface area contributed by atoms with E-state index in [4.69, 9.17) is 0 Å². The topological polar surface area (TPSA) is 66.0 Å². The molecule has 0 radical (unpaired) electrons. The second-order valence-electron chi connectivity index (χ2n) is 7.49. The predicted octanol–water partition coefficient (Wildman–Crippen LogP) is 5.02. The van der Waals surface area contributed by atoms with Gasteiger partial charge in [-0.25, -0.2) is 4.98 Å². The number of anilines is 3. The Kier molecular flexibility index (Phi) is 7.60. The number of hydrogen-bond donors (Lipinski definition) is 3. The van der Waals surface area contributed by atoms with Gasteiger partial charge >= 0.3 is 6.18 Å². The summed E-state index contributed by atoms with van der Waals surface area (Å²) in [4.78, 5) is 16.3. The second-order valence-corrected chi connectivity index (χ2v) is 7.49. The van der Waals surface area contributed by atoms with E-state index in [1.54, 1.807) is 24.3 Å². The Labute approximate surface area is 185 Å². The fourth-order valence-electron chi connectivity index (χ4n) is 3.85. The highest BCUT2D eigenvalue weighted by Gasteiger charge is 2.57. The number of piperidine rings is 1. The van der Waals surface area contributed by atoms with Gasteiger partial charge in [-0.15, -0.1) is 24.8 Å². The van der Waals surface area contributed by atoms with Crippen molar-refractivity contribution in [2.24, 2.45) is 11.3 Å². The number of carbonyl (C=O) groups excluding carboxylic acids is 1. The highest BCUT2D eigenvalue weighted by atomic mass is 35.5. The molecule has 2 heterocycles. The molecule has 0 bridgehead atoms. The lowest BCUT2D eigenvalue weighted by atomic mass is 9.92. The molecule has 1 aromatic carbocycles. The number of nitrogens with one attached hydrogen (secondary N) is 3. The number of aromatic nitrogens is 1. The normalized spacial score (nSPS) is 19.2. The summed E-state index contributed by atoms with van der Waals surface area (Å²) >= 11 is 0. The molecule has 1 atom stereocenters. The average Bonchev–Trinajstić information content (AvgIpc) is 3.36. The van der Waals surface area contributed by atoms with Crippen LogP contribution in [0.3, 0.4) is 0 Å². The highest BCUT2D eigenvalue weighted by Crippen LogP contribution is 2.58. The highest BCUT2D eigenvalue weighted by molar-refractivity contribution is 5.95.